The fourth-order valence-corrected chi connectivity index (χ4v) is 6.88. The molecule has 1 fully saturated rings. The highest BCUT2D eigenvalue weighted by atomic mass is 35.5. The molecule has 3 aromatic rings. The highest BCUT2D eigenvalue weighted by Crippen LogP contribution is 2.32. The number of rotatable bonds is 12. The van der Waals surface area contributed by atoms with Gasteiger partial charge >= 0.3 is 0 Å². The first-order valence-corrected chi connectivity index (χ1v) is 16.1. The van der Waals surface area contributed by atoms with Crippen molar-refractivity contribution in [3.63, 3.8) is 0 Å². The number of nitrogens with zero attached hydrogens (tertiary/aromatic N) is 2. The molecule has 0 spiro atoms. The molecular weight excluding hydrogens is 574 g/mol. The van der Waals surface area contributed by atoms with Crippen LogP contribution in [-0.4, -0.2) is 57.4 Å². The summed E-state index contributed by atoms with van der Waals surface area (Å²) in [4.78, 5) is 29.0. The molecule has 1 aliphatic carbocycles. The van der Waals surface area contributed by atoms with Crippen LogP contribution < -0.4 is 14.4 Å². The van der Waals surface area contributed by atoms with Crippen molar-refractivity contribution in [3.05, 3.63) is 89.4 Å². The SMILES string of the molecule is COc1ccc(N(CC(=O)N(CCc2ccccc2)C(C)C(=O)NC2CCCCC2)S(=O)(=O)c2ccccc2)cc1Cl. The summed E-state index contributed by atoms with van der Waals surface area (Å²) in [6, 6.07) is 21.4. The maximum Gasteiger partial charge on any atom is 0.264 e. The number of sulfonamides is 1. The number of anilines is 1. The fraction of sp³-hybridized carbons (Fsp3) is 0.375. The first kappa shape index (κ1) is 31.4. The molecule has 0 bridgehead atoms. The van der Waals surface area contributed by atoms with E-state index in [-0.39, 0.29) is 34.1 Å². The van der Waals surface area contributed by atoms with Gasteiger partial charge in [-0.15, -0.1) is 0 Å². The molecule has 10 heteroatoms. The minimum Gasteiger partial charge on any atom is -0.495 e. The van der Waals surface area contributed by atoms with Crippen molar-refractivity contribution in [2.24, 2.45) is 0 Å². The molecule has 0 radical (unpaired) electrons. The average Bonchev–Trinajstić information content (AvgIpc) is 3.01. The number of halogens is 1. The second kappa shape index (κ2) is 14.6. The molecule has 0 heterocycles. The maximum absolute atomic E-state index is 14.1. The molecule has 2 amide bonds. The van der Waals surface area contributed by atoms with Gasteiger partial charge in [-0.2, -0.15) is 0 Å². The molecule has 1 unspecified atom stereocenters. The van der Waals surface area contributed by atoms with Gasteiger partial charge in [-0.05, 0) is 62.1 Å². The van der Waals surface area contributed by atoms with Gasteiger partial charge in [0, 0.05) is 12.6 Å². The highest BCUT2D eigenvalue weighted by Gasteiger charge is 2.33. The van der Waals surface area contributed by atoms with E-state index in [0.29, 0.717) is 12.2 Å². The van der Waals surface area contributed by atoms with Crippen molar-refractivity contribution in [3.8, 4) is 5.75 Å². The Labute approximate surface area is 253 Å². The number of hydrogen-bond acceptors (Lipinski definition) is 5. The van der Waals surface area contributed by atoms with Crippen LogP contribution in [0.25, 0.3) is 0 Å². The Morgan fingerprint density at radius 3 is 2.24 bits per heavy atom. The molecule has 0 saturated heterocycles. The van der Waals surface area contributed by atoms with Crippen molar-refractivity contribution in [2.45, 2.75) is 62.4 Å². The molecule has 1 saturated carbocycles. The van der Waals surface area contributed by atoms with E-state index in [1.807, 2.05) is 30.3 Å². The van der Waals surface area contributed by atoms with Crippen molar-refractivity contribution < 1.29 is 22.7 Å². The lowest BCUT2D eigenvalue weighted by atomic mass is 9.95. The summed E-state index contributed by atoms with van der Waals surface area (Å²) in [5, 5.41) is 3.32. The first-order valence-electron chi connectivity index (χ1n) is 14.3. The third-order valence-electron chi connectivity index (χ3n) is 7.64. The average molecular weight is 612 g/mol. The fourth-order valence-electron chi connectivity index (χ4n) is 5.20. The molecule has 42 heavy (non-hydrogen) atoms. The molecule has 0 aromatic heterocycles. The summed E-state index contributed by atoms with van der Waals surface area (Å²) >= 11 is 6.38. The number of nitrogens with one attached hydrogen (secondary N) is 1. The van der Waals surface area contributed by atoms with Crippen molar-refractivity contribution in [1.82, 2.24) is 10.2 Å². The van der Waals surface area contributed by atoms with E-state index in [9.17, 15) is 18.0 Å². The molecular formula is C32H38ClN3O5S. The number of carbonyl (C=O) groups is 2. The molecule has 1 N–H and O–H groups in total. The zero-order valence-electron chi connectivity index (χ0n) is 24.0. The lowest BCUT2D eigenvalue weighted by Crippen LogP contribution is -2.53. The molecule has 1 atom stereocenters. The predicted octanol–water partition coefficient (Wildman–Crippen LogP) is 5.45. The number of ether oxygens (including phenoxy) is 1. The van der Waals surface area contributed by atoms with Crippen molar-refractivity contribution in [1.29, 1.82) is 0 Å². The normalized spacial score (nSPS) is 14.5. The second-order valence-corrected chi connectivity index (χ2v) is 12.8. The van der Waals surface area contributed by atoms with Gasteiger partial charge in [-0.3, -0.25) is 13.9 Å². The zero-order valence-corrected chi connectivity index (χ0v) is 25.6. The predicted molar refractivity (Wildman–Crippen MR) is 165 cm³/mol. The van der Waals surface area contributed by atoms with Crippen LogP contribution in [0.5, 0.6) is 5.75 Å². The lowest BCUT2D eigenvalue weighted by molar-refractivity contribution is -0.139. The third-order valence-corrected chi connectivity index (χ3v) is 9.72. The van der Waals surface area contributed by atoms with E-state index in [1.165, 1.54) is 30.2 Å². The summed E-state index contributed by atoms with van der Waals surface area (Å²) in [6.07, 6.45) is 5.62. The number of carbonyl (C=O) groups excluding carboxylic acids is 2. The first-order chi connectivity index (χ1) is 20.2. The smallest absolute Gasteiger partial charge is 0.264 e. The van der Waals surface area contributed by atoms with Crippen LogP contribution in [0.1, 0.15) is 44.6 Å². The van der Waals surface area contributed by atoms with Crippen LogP contribution in [0.15, 0.2) is 83.8 Å². The minimum atomic E-state index is -4.17. The van der Waals surface area contributed by atoms with Crippen LogP contribution in [-0.2, 0) is 26.0 Å². The third kappa shape index (κ3) is 7.83. The molecule has 0 aliphatic heterocycles. The Hall–Kier alpha value is -3.56. The van der Waals surface area contributed by atoms with Crippen LogP contribution in [0.2, 0.25) is 5.02 Å². The van der Waals surface area contributed by atoms with Gasteiger partial charge in [-0.1, -0.05) is 79.4 Å². The summed E-state index contributed by atoms with van der Waals surface area (Å²) < 4.78 is 34.1. The Morgan fingerprint density at radius 2 is 1.62 bits per heavy atom. The van der Waals surface area contributed by atoms with E-state index >= 15 is 0 Å². The molecule has 8 nitrogen and oxygen atoms in total. The molecule has 224 valence electrons. The van der Waals surface area contributed by atoms with E-state index in [1.54, 1.807) is 37.3 Å². The number of hydrogen-bond donors (Lipinski definition) is 1. The maximum atomic E-state index is 14.1. The topological polar surface area (TPSA) is 96.0 Å². The zero-order chi connectivity index (χ0) is 30.1. The van der Waals surface area contributed by atoms with Crippen molar-refractivity contribution in [2.75, 3.05) is 24.5 Å². The Morgan fingerprint density at radius 1 is 0.976 bits per heavy atom. The van der Waals surface area contributed by atoms with E-state index < -0.39 is 28.5 Å². The van der Waals surface area contributed by atoms with Crippen LogP contribution >= 0.6 is 11.6 Å². The number of methoxy groups -OCH3 is 1. The van der Waals surface area contributed by atoms with Gasteiger partial charge in [0.25, 0.3) is 10.0 Å². The number of benzene rings is 3. The Bertz CT molecular complexity index is 1450. The van der Waals surface area contributed by atoms with E-state index in [2.05, 4.69) is 5.32 Å². The van der Waals surface area contributed by atoms with Crippen LogP contribution in [0, 0.1) is 0 Å². The van der Waals surface area contributed by atoms with Gasteiger partial charge in [0.1, 0.15) is 18.3 Å². The Balaban J connectivity index is 1.65. The van der Waals surface area contributed by atoms with Crippen LogP contribution in [0.4, 0.5) is 5.69 Å². The van der Waals surface area contributed by atoms with E-state index in [0.717, 1.165) is 42.0 Å². The van der Waals surface area contributed by atoms with Gasteiger partial charge in [0.05, 0.1) is 22.7 Å². The highest BCUT2D eigenvalue weighted by molar-refractivity contribution is 7.92. The second-order valence-electron chi connectivity index (χ2n) is 10.5. The van der Waals surface area contributed by atoms with Crippen molar-refractivity contribution >= 4 is 39.1 Å². The molecule has 1 aliphatic rings. The summed E-state index contributed by atoms with van der Waals surface area (Å²) in [5.41, 5.74) is 1.21. The largest absolute Gasteiger partial charge is 0.495 e. The standard InChI is InChI=1S/C32H38ClN3O5S/c1-24(32(38)34-26-14-8-4-9-15-26)35(21-20-25-12-6-3-7-13-25)31(37)23-36(27-18-19-30(41-2)29(33)22-27)42(39,40)28-16-10-5-11-17-28/h3,5-7,10-13,16-19,22,24,26H,4,8-9,14-15,20-21,23H2,1-2H3,(H,34,38). The van der Waals surface area contributed by atoms with Gasteiger partial charge in [-0.25, -0.2) is 8.42 Å². The van der Waals surface area contributed by atoms with E-state index in [4.69, 9.17) is 16.3 Å². The molecule has 4 rings (SSSR count). The number of amides is 2. The van der Waals surface area contributed by atoms with Gasteiger partial charge in [0.2, 0.25) is 11.8 Å². The Kier molecular flexibility index (Phi) is 10.9. The lowest BCUT2D eigenvalue weighted by Gasteiger charge is -2.33. The van der Waals surface area contributed by atoms with Gasteiger partial charge < -0.3 is 15.0 Å². The molecule has 3 aromatic carbocycles. The summed E-state index contributed by atoms with van der Waals surface area (Å²) in [7, 11) is -2.70. The minimum absolute atomic E-state index is 0.0312. The summed E-state index contributed by atoms with van der Waals surface area (Å²) in [5.74, 6) is -0.363. The summed E-state index contributed by atoms with van der Waals surface area (Å²) in [6.45, 7) is 1.42. The van der Waals surface area contributed by atoms with Crippen LogP contribution in [0.3, 0.4) is 0 Å². The van der Waals surface area contributed by atoms with Gasteiger partial charge in [0.15, 0.2) is 0 Å². The quantitative estimate of drug-likeness (QED) is 0.294. The monoisotopic (exact) mass is 611 g/mol.